The van der Waals surface area contributed by atoms with Crippen molar-refractivity contribution in [2.75, 3.05) is 11.4 Å². The number of nitrogens with zero attached hydrogens (tertiary/aromatic N) is 4. The summed E-state index contributed by atoms with van der Waals surface area (Å²) in [6.07, 6.45) is 11.1. The standard InChI is InChI=1S/C31H39N5O3/c1-30(2,3)22-9-11-24(12-10-22)36(28(38)27-17-25(37)19-35(27)20-32)31(15-13-21-14-16-33-18-26(21)31)29(39)34-23-7-5-4-6-8-23/h9-12,14,16,18,23,25,27,37H,4-8,13,15,17,19H2,1-3H3,(H,34,39). The summed E-state index contributed by atoms with van der Waals surface area (Å²) in [7, 11) is 0. The molecule has 1 saturated heterocycles. The van der Waals surface area contributed by atoms with Gasteiger partial charge in [0.2, 0.25) is 0 Å². The summed E-state index contributed by atoms with van der Waals surface area (Å²) < 4.78 is 0. The molecule has 3 aliphatic rings. The minimum Gasteiger partial charge on any atom is -0.391 e. The summed E-state index contributed by atoms with van der Waals surface area (Å²) in [6.45, 7) is 6.50. The van der Waals surface area contributed by atoms with Gasteiger partial charge in [0.1, 0.15) is 6.04 Å². The second-order valence-electron chi connectivity index (χ2n) is 12.3. The lowest BCUT2D eigenvalue weighted by molar-refractivity contribution is -0.133. The molecular weight excluding hydrogens is 490 g/mol. The number of fused-ring (bicyclic) bond motifs is 1. The average Bonchev–Trinajstić information content (AvgIpc) is 3.50. The Kier molecular flexibility index (Phi) is 7.39. The Morgan fingerprint density at radius 2 is 1.87 bits per heavy atom. The zero-order valence-electron chi connectivity index (χ0n) is 23.2. The second-order valence-corrected chi connectivity index (χ2v) is 12.3. The molecule has 8 heteroatoms. The number of aryl methyl sites for hydroxylation is 1. The summed E-state index contributed by atoms with van der Waals surface area (Å²) in [5.74, 6) is -0.552. The van der Waals surface area contributed by atoms with Crippen LogP contribution in [0.4, 0.5) is 5.69 Å². The number of nitriles is 1. The first-order chi connectivity index (χ1) is 18.6. The molecule has 2 aromatic rings. The number of likely N-dealkylation sites (tertiary alicyclic amines) is 1. The van der Waals surface area contributed by atoms with Crippen molar-refractivity contribution in [2.24, 2.45) is 0 Å². The summed E-state index contributed by atoms with van der Waals surface area (Å²) >= 11 is 0. The number of β-amino-alcohol motifs (C(OH)–C–C–N with tert-alkyl or cyclic N) is 1. The van der Waals surface area contributed by atoms with Crippen LogP contribution in [0.3, 0.4) is 0 Å². The van der Waals surface area contributed by atoms with Crippen LogP contribution in [0.25, 0.3) is 0 Å². The summed E-state index contributed by atoms with van der Waals surface area (Å²) in [6, 6.07) is 8.97. The van der Waals surface area contributed by atoms with Crippen LogP contribution in [-0.2, 0) is 27.0 Å². The van der Waals surface area contributed by atoms with Crippen molar-refractivity contribution < 1.29 is 14.7 Å². The van der Waals surface area contributed by atoms with Crippen LogP contribution in [0.15, 0.2) is 42.7 Å². The Hall–Kier alpha value is -3.44. The van der Waals surface area contributed by atoms with Crippen molar-refractivity contribution in [1.29, 1.82) is 5.26 Å². The van der Waals surface area contributed by atoms with Gasteiger partial charge in [0.15, 0.2) is 11.7 Å². The van der Waals surface area contributed by atoms with E-state index in [1.54, 1.807) is 17.3 Å². The molecule has 0 bridgehead atoms. The fraction of sp³-hybridized carbons (Fsp3) is 0.548. The Balaban J connectivity index is 1.65. The number of carbonyl (C=O) groups is 2. The first-order valence-electron chi connectivity index (χ1n) is 14.2. The Bertz CT molecular complexity index is 1260. The molecule has 5 rings (SSSR count). The molecule has 2 amide bonds. The van der Waals surface area contributed by atoms with Crippen LogP contribution in [0.2, 0.25) is 0 Å². The molecule has 1 saturated carbocycles. The Morgan fingerprint density at radius 1 is 1.15 bits per heavy atom. The highest BCUT2D eigenvalue weighted by molar-refractivity contribution is 6.07. The number of pyridine rings is 1. The molecule has 8 nitrogen and oxygen atoms in total. The van der Waals surface area contributed by atoms with Gasteiger partial charge in [-0.25, -0.2) is 0 Å². The molecular formula is C31H39N5O3. The number of nitrogens with one attached hydrogen (secondary N) is 1. The number of carbonyl (C=O) groups excluding carboxylic acids is 2. The Morgan fingerprint density at radius 3 is 2.54 bits per heavy atom. The van der Waals surface area contributed by atoms with E-state index >= 15 is 0 Å². The van der Waals surface area contributed by atoms with Gasteiger partial charge in [-0.05, 0) is 60.4 Å². The molecule has 2 N–H and O–H groups in total. The molecule has 0 radical (unpaired) electrons. The van der Waals surface area contributed by atoms with E-state index in [1.807, 2.05) is 30.3 Å². The number of hydrogen-bond acceptors (Lipinski definition) is 6. The number of anilines is 1. The fourth-order valence-corrected chi connectivity index (χ4v) is 6.54. The zero-order valence-corrected chi connectivity index (χ0v) is 23.2. The number of amides is 2. The number of aliphatic hydroxyl groups is 1. The smallest absolute Gasteiger partial charge is 0.251 e. The molecule has 206 valence electrons. The minimum absolute atomic E-state index is 0.0629. The van der Waals surface area contributed by atoms with Crippen LogP contribution >= 0.6 is 0 Å². The summed E-state index contributed by atoms with van der Waals surface area (Å²) in [5, 5.41) is 23.5. The van der Waals surface area contributed by atoms with E-state index < -0.39 is 17.7 Å². The highest BCUT2D eigenvalue weighted by Gasteiger charge is 2.55. The van der Waals surface area contributed by atoms with Gasteiger partial charge in [-0.3, -0.25) is 24.4 Å². The molecule has 2 heterocycles. The van der Waals surface area contributed by atoms with Gasteiger partial charge in [0.25, 0.3) is 11.8 Å². The van der Waals surface area contributed by atoms with Gasteiger partial charge in [-0.15, -0.1) is 0 Å². The molecule has 1 aliphatic heterocycles. The maximum atomic E-state index is 14.6. The molecule has 2 aliphatic carbocycles. The van der Waals surface area contributed by atoms with Crippen LogP contribution in [-0.4, -0.2) is 51.5 Å². The predicted molar refractivity (Wildman–Crippen MR) is 149 cm³/mol. The molecule has 1 aromatic heterocycles. The van der Waals surface area contributed by atoms with Crippen molar-refractivity contribution in [3.63, 3.8) is 0 Å². The van der Waals surface area contributed by atoms with E-state index in [9.17, 15) is 20.0 Å². The van der Waals surface area contributed by atoms with Crippen LogP contribution in [0.1, 0.15) is 82.4 Å². The normalized spacial score (nSPS) is 25.2. The van der Waals surface area contributed by atoms with Gasteiger partial charge in [-0.2, -0.15) is 5.26 Å². The fourth-order valence-electron chi connectivity index (χ4n) is 6.54. The van der Waals surface area contributed by atoms with Crippen molar-refractivity contribution >= 4 is 17.5 Å². The highest BCUT2D eigenvalue weighted by atomic mass is 16.3. The van der Waals surface area contributed by atoms with Crippen LogP contribution in [0.5, 0.6) is 0 Å². The first-order valence-corrected chi connectivity index (χ1v) is 14.2. The molecule has 1 aromatic carbocycles. The van der Waals surface area contributed by atoms with E-state index in [0.717, 1.165) is 42.4 Å². The van der Waals surface area contributed by atoms with Crippen molar-refractivity contribution in [3.05, 3.63) is 59.4 Å². The average molecular weight is 530 g/mol. The second kappa shape index (κ2) is 10.6. The third-order valence-electron chi connectivity index (χ3n) is 8.72. The summed E-state index contributed by atoms with van der Waals surface area (Å²) in [5.41, 5.74) is 2.05. The largest absolute Gasteiger partial charge is 0.391 e. The van der Waals surface area contributed by atoms with E-state index in [0.29, 0.717) is 18.5 Å². The number of benzene rings is 1. The van der Waals surface area contributed by atoms with Gasteiger partial charge in [-0.1, -0.05) is 52.2 Å². The van der Waals surface area contributed by atoms with Gasteiger partial charge in [0, 0.05) is 36.1 Å². The van der Waals surface area contributed by atoms with Gasteiger partial charge < -0.3 is 10.4 Å². The van der Waals surface area contributed by atoms with Crippen LogP contribution < -0.4 is 10.2 Å². The highest BCUT2D eigenvalue weighted by Crippen LogP contribution is 2.45. The molecule has 3 unspecified atom stereocenters. The van der Waals surface area contributed by atoms with Crippen molar-refractivity contribution in [1.82, 2.24) is 15.2 Å². The van der Waals surface area contributed by atoms with E-state index in [4.69, 9.17) is 0 Å². The third kappa shape index (κ3) is 5.00. The lowest BCUT2D eigenvalue weighted by Gasteiger charge is -2.43. The minimum atomic E-state index is -1.31. The molecule has 2 fully saturated rings. The van der Waals surface area contributed by atoms with Crippen molar-refractivity contribution in [2.45, 2.75) is 101 Å². The lowest BCUT2D eigenvalue weighted by Crippen LogP contribution is -2.62. The number of aromatic nitrogens is 1. The maximum absolute atomic E-state index is 14.6. The van der Waals surface area contributed by atoms with Gasteiger partial charge >= 0.3 is 0 Å². The van der Waals surface area contributed by atoms with E-state index in [2.05, 4.69) is 37.3 Å². The maximum Gasteiger partial charge on any atom is 0.251 e. The lowest BCUT2D eigenvalue weighted by atomic mass is 9.85. The SMILES string of the molecule is CC(C)(C)c1ccc(N(C(=O)C2CC(O)CN2C#N)C2(C(=O)NC3CCCCC3)CCc3ccncc32)cc1. The number of aliphatic hydroxyl groups excluding tert-OH is 1. The number of hydrogen-bond donors (Lipinski definition) is 2. The number of rotatable bonds is 5. The van der Waals surface area contributed by atoms with Gasteiger partial charge in [0.05, 0.1) is 12.6 Å². The molecule has 39 heavy (non-hydrogen) atoms. The molecule has 0 spiro atoms. The van der Waals surface area contributed by atoms with E-state index in [1.165, 1.54) is 11.3 Å². The van der Waals surface area contributed by atoms with Crippen LogP contribution in [0, 0.1) is 11.5 Å². The van der Waals surface area contributed by atoms with Crippen molar-refractivity contribution in [3.8, 4) is 6.19 Å². The van der Waals surface area contributed by atoms with E-state index in [-0.39, 0.29) is 36.2 Å². The quantitative estimate of drug-likeness (QED) is 0.569. The Labute approximate surface area is 231 Å². The predicted octanol–water partition coefficient (Wildman–Crippen LogP) is 3.92. The first kappa shape index (κ1) is 27.1. The summed E-state index contributed by atoms with van der Waals surface area (Å²) in [4.78, 5) is 36.4. The zero-order chi connectivity index (χ0) is 27.8. The topological polar surface area (TPSA) is 110 Å². The third-order valence-corrected chi connectivity index (χ3v) is 8.72. The monoisotopic (exact) mass is 529 g/mol. The molecule has 3 atom stereocenters.